The molecule has 0 aliphatic carbocycles. The van der Waals surface area contributed by atoms with Crippen LogP contribution in [0.1, 0.15) is 0 Å². The number of hydrogen-bond donors (Lipinski definition) is 1. The van der Waals surface area contributed by atoms with Gasteiger partial charge in [0.1, 0.15) is 5.82 Å². The van der Waals surface area contributed by atoms with Crippen LogP contribution in [0.5, 0.6) is 0 Å². The third kappa shape index (κ3) is 4.45. The van der Waals surface area contributed by atoms with Crippen LogP contribution in [0.2, 0.25) is 5.02 Å². The average Bonchev–Trinajstić information content (AvgIpc) is 2.75. The maximum atomic E-state index is 12.5. The summed E-state index contributed by atoms with van der Waals surface area (Å²) in [5, 5.41) is 3.50. The van der Waals surface area contributed by atoms with Crippen LogP contribution in [-0.2, 0) is 4.74 Å². The van der Waals surface area contributed by atoms with Crippen LogP contribution in [0.3, 0.4) is 0 Å². The molecule has 1 aromatic carbocycles. The van der Waals surface area contributed by atoms with E-state index in [2.05, 4.69) is 20.1 Å². The molecule has 4 rings (SSSR count). The van der Waals surface area contributed by atoms with Gasteiger partial charge in [-0.05, 0) is 24.3 Å². The zero-order chi connectivity index (χ0) is 19.3. The smallest absolute Gasteiger partial charge is 0.321 e. The summed E-state index contributed by atoms with van der Waals surface area (Å²) in [6.45, 7) is 5.72. The van der Waals surface area contributed by atoms with Crippen molar-refractivity contribution in [2.24, 2.45) is 0 Å². The van der Waals surface area contributed by atoms with Gasteiger partial charge in [0.05, 0.1) is 13.2 Å². The van der Waals surface area contributed by atoms with Gasteiger partial charge < -0.3 is 24.8 Å². The second-order valence-corrected chi connectivity index (χ2v) is 7.17. The minimum absolute atomic E-state index is 0.112. The van der Waals surface area contributed by atoms with Crippen LogP contribution in [-0.4, -0.2) is 73.4 Å². The number of hydrogen-bond acceptors (Lipinski definition) is 6. The standard InChI is InChI=1S/C19H23ClN6O2/c20-15-2-1-3-16(14-15)22-19(27)26-8-6-24(7-9-26)17-4-5-21-18(23-17)25-10-12-28-13-11-25/h1-5,14H,6-13H2,(H,22,27). The van der Waals surface area contributed by atoms with E-state index in [0.29, 0.717) is 37.0 Å². The number of carbonyl (C=O) groups excluding carboxylic acids is 1. The summed E-state index contributed by atoms with van der Waals surface area (Å²) in [5.74, 6) is 1.63. The number of nitrogens with zero attached hydrogens (tertiary/aromatic N) is 5. The van der Waals surface area contributed by atoms with Gasteiger partial charge in [0.15, 0.2) is 0 Å². The Bertz CT molecular complexity index is 822. The topological polar surface area (TPSA) is 73.8 Å². The fourth-order valence-corrected chi connectivity index (χ4v) is 3.53. The van der Waals surface area contributed by atoms with Crippen molar-refractivity contribution in [1.82, 2.24) is 14.9 Å². The van der Waals surface area contributed by atoms with Crippen LogP contribution in [0, 0.1) is 0 Å². The van der Waals surface area contributed by atoms with Crippen molar-refractivity contribution in [3.8, 4) is 0 Å². The fourth-order valence-electron chi connectivity index (χ4n) is 3.34. The van der Waals surface area contributed by atoms with Gasteiger partial charge >= 0.3 is 6.03 Å². The van der Waals surface area contributed by atoms with Crippen molar-refractivity contribution in [2.45, 2.75) is 0 Å². The monoisotopic (exact) mass is 402 g/mol. The van der Waals surface area contributed by atoms with Crippen LogP contribution in [0.15, 0.2) is 36.5 Å². The molecule has 1 aromatic heterocycles. The highest BCUT2D eigenvalue weighted by Crippen LogP contribution is 2.19. The van der Waals surface area contributed by atoms with Gasteiger partial charge in [0.2, 0.25) is 5.95 Å². The third-order valence-electron chi connectivity index (χ3n) is 4.89. The SMILES string of the molecule is O=C(Nc1cccc(Cl)c1)N1CCN(c2ccnc(N3CCOCC3)n2)CC1. The Morgan fingerprint density at radius 2 is 1.82 bits per heavy atom. The first-order chi connectivity index (χ1) is 13.7. The molecule has 0 saturated carbocycles. The number of urea groups is 1. The summed E-state index contributed by atoms with van der Waals surface area (Å²) in [6, 6.07) is 8.97. The van der Waals surface area contributed by atoms with Crippen molar-refractivity contribution >= 4 is 35.1 Å². The number of piperazine rings is 1. The van der Waals surface area contributed by atoms with E-state index in [1.54, 1.807) is 18.3 Å². The van der Waals surface area contributed by atoms with Crippen LogP contribution in [0.4, 0.5) is 22.2 Å². The lowest BCUT2D eigenvalue weighted by Gasteiger charge is -2.35. The largest absolute Gasteiger partial charge is 0.378 e. The Morgan fingerprint density at radius 3 is 2.57 bits per heavy atom. The van der Waals surface area contributed by atoms with E-state index in [0.717, 1.165) is 37.9 Å². The molecule has 0 spiro atoms. The molecule has 8 nitrogen and oxygen atoms in total. The summed E-state index contributed by atoms with van der Waals surface area (Å²) in [5.41, 5.74) is 0.700. The highest BCUT2D eigenvalue weighted by molar-refractivity contribution is 6.30. The van der Waals surface area contributed by atoms with Crippen molar-refractivity contribution in [3.05, 3.63) is 41.6 Å². The summed E-state index contributed by atoms with van der Waals surface area (Å²) < 4.78 is 5.39. The van der Waals surface area contributed by atoms with Gasteiger partial charge in [-0.25, -0.2) is 9.78 Å². The molecule has 2 fully saturated rings. The number of anilines is 3. The Hall–Kier alpha value is -2.58. The molecule has 1 N–H and O–H groups in total. The fraction of sp³-hybridized carbons (Fsp3) is 0.421. The molecule has 0 bridgehead atoms. The number of carbonyl (C=O) groups is 1. The number of nitrogens with one attached hydrogen (secondary N) is 1. The number of ether oxygens (including phenoxy) is 1. The second kappa shape index (κ2) is 8.62. The van der Waals surface area contributed by atoms with Crippen LogP contribution >= 0.6 is 11.6 Å². The predicted molar refractivity (Wildman–Crippen MR) is 109 cm³/mol. The van der Waals surface area contributed by atoms with E-state index >= 15 is 0 Å². The summed E-state index contributed by atoms with van der Waals surface area (Å²) in [4.78, 5) is 27.7. The van der Waals surface area contributed by atoms with Crippen LogP contribution in [0.25, 0.3) is 0 Å². The van der Waals surface area contributed by atoms with Crippen molar-refractivity contribution in [3.63, 3.8) is 0 Å². The highest BCUT2D eigenvalue weighted by atomic mass is 35.5. The molecule has 2 amide bonds. The number of benzene rings is 1. The van der Waals surface area contributed by atoms with Gasteiger partial charge in [0.25, 0.3) is 0 Å². The zero-order valence-corrected chi connectivity index (χ0v) is 16.3. The quantitative estimate of drug-likeness (QED) is 0.849. The lowest BCUT2D eigenvalue weighted by molar-refractivity contribution is 0.122. The molecular formula is C19H23ClN6O2. The van der Waals surface area contributed by atoms with E-state index in [-0.39, 0.29) is 6.03 Å². The molecule has 148 valence electrons. The maximum absolute atomic E-state index is 12.5. The first-order valence-electron chi connectivity index (χ1n) is 9.41. The van der Waals surface area contributed by atoms with Gasteiger partial charge in [-0.2, -0.15) is 4.98 Å². The molecule has 0 atom stereocenters. The Kier molecular flexibility index (Phi) is 5.78. The van der Waals surface area contributed by atoms with E-state index in [1.165, 1.54) is 0 Å². The third-order valence-corrected chi connectivity index (χ3v) is 5.12. The maximum Gasteiger partial charge on any atom is 0.321 e. The van der Waals surface area contributed by atoms with Crippen molar-refractivity contribution in [2.75, 3.05) is 67.6 Å². The number of amides is 2. The predicted octanol–water partition coefficient (Wildman–Crippen LogP) is 2.32. The van der Waals surface area contributed by atoms with E-state index in [9.17, 15) is 4.79 Å². The summed E-state index contributed by atoms with van der Waals surface area (Å²) >= 11 is 5.98. The van der Waals surface area contributed by atoms with E-state index in [1.807, 2.05) is 23.1 Å². The highest BCUT2D eigenvalue weighted by Gasteiger charge is 2.23. The number of rotatable bonds is 3. The van der Waals surface area contributed by atoms with Gasteiger partial charge in [-0.1, -0.05) is 17.7 Å². The van der Waals surface area contributed by atoms with Gasteiger partial charge in [0, 0.05) is 56.2 Å². The van der Waals surface area contributed by atoms with E-state index < -0.39 is 0 Å². The minimum atomic E-state index is -0.112. The Morgan fingerprint density at radius 1 is 1.04 bits per heavy atom. The molecule has 2 aromatic rings. The normalized spacial score (nSPS) is 17.5. The molecule has 2 saturated heterocycles. The summed E-state index contributed by atoms with van der Waals surface area (Å²) in [7, 11) is 0. The zero-order valence-electron chi connectivity index (χ0n) is 15.6. The van der Waals surface area contributed by atoms with Gasteiger partial charge in [-0.3, -0.25) is 0 Å². The molecule has 3 heterocycles. The average molecular weight is 403 g/mol. The molecule has 9 heteroatoms. The number of aromatic nitrogens is 2. The van der Waals surface area contributed by atoms with Gasteiger partial charge in [-0.15, -0.1) is 0 Å². The first-order valence-corrected chi connectivity index (χ1v) is 9.79. The second-order valence-electron chi connectivity index (χ2n) is 6.73. The van der Waals surface area contributed by atoms with E-state index in [4.69, 9.17) is 21.3 Å². The minimum Gasteiger partial charge on any atom is -0.378 e. The number of morpholine rings is 1. The summed E-state index contributed by atoms with van der Waals surface area (Å²) in [6.07, 6.45) is 1.80. The molecule has 2 aliphatic heterocycles. The van der Waals surface area contributed by atoms with Crippen molar-refractivity contribution < 1.29 is 9.53 Å². The number of halogens is 1. The molecule has 0 radical (unpaired) electrons. The molecular weight excluding hydrogens is 380 g/mol. The van der Waals surface area contributed by atoms with Crippen LogP contribution < -0.4 is 15.1 Å². The molecule has 28 heavy (non-hydrogen) atoms. The lowest BCUT2D eigenvalue weighted by atomic mass is 10.3. The molecule has 0 unspecified atom stereocenters. The lowest BCUT2D eigenvalue weighted by Crippen LogP contribution is -2.50. The molecule has 2 aliphatic rings. The first kappa shape index (κ1) is 18.8. The Labute approximate surface area is 169 Å². The van der Waals surface area contributed by atoms with Crippen molar-refractivity contribution in [1.29, 1.82) is 0 Å². The Balaban J connectivity index is 1.34.